The number of aromatic amines is 1. The molecule has 1 saturated heterocycles. The summed E-state index contributed by atoms with van der Waals surface area (Å²) in [6, 6.07) is 7.74. The van der Waals surface area contributed by atoms with E-state index in [1.165, 1.54) is 6.07 Å². The minimum absolute atomic E-state index is 0.0850. The molecule has 1 atom stereocenters. The number of H-pyrrole nitrogens is 1. The van der Waals surface area contributed by atoms with Gasteiger partial charge in [0.25, 0.3) is 5.91 Å². The molecule has 0 radical (unpaired) electrons. The van der Waals surface area contributed by atoms with Crippen molar-refractivity contribution in [1.82, 2.24) is 15.5 Å². The highest BCUT2D eigenvalue weighted by Crippen LogP contribution is 2.17. The number of ether oxygens (including phenoxy) is 2. The Labute approximate surface area is 133 Å². The summed E-state index contributed by atoms with van der Waals surface area (Å²) in [7, 11) is 0. The maximum Gasteiger partial charge on any atom is 0.271 e. The van der Waals surface area contributed by atoms with Crippen molar-refractivity contribution in [2.24, 2.45) is 0 Å². The van der Waals surface area contributed by atoms with Crippen molar-refractivity contribution in [3.8, 4) is 5.75 Å². The Balaban J connectivity index is 1.51. The van der Waals surface area contributed by atoms with Crippen LogP contribution in [0.25, 0.3) is 0 Å². The van der Waals surface area contributed by atoms with Crippen molar-refractivity contribution in [3.63, 3.8) is 0 Å². The molecule has 1 amide bonds. The average Bonchev–Trinajstić information content (AvgIpc) is 3.23. The second-order valence-electron chi connectivity index (χ2n) is 5.34. The van der Waals surface area contributed by atoms with Gasteiger partial charge in [-0.1, -0.05) is 12.1 Å². The van der Waals surface area contributed by atoms with Gasteiger partial charge < -0.3 is 14.8 Å². The Bertz CT molecular complexity index is 668. The van der Waals surface area contributed by atoms with Gasteiger partial charge in [-0.05, 0) is 31.0 Å². The number of benzene rings is 1. The fourth-order valence-electron chi connectivity index (χ4n) is 2.37. The van der Waals surface area contributed by atoms with Crippen LogP contribution in [0, 0.1) is 5.82 Å². The highest BCUT2D eigenvalue weighted by atomic mass is 19.1. The summed E-state index contributed by atoms with van der Waals surface area (Å²) in [5.41, 5.74) is 0.866. The summed E-state index contributed by atoms with van der Waals surface area (Å²) in [6.45, 7) is 1.33. The zero-order valence-corrected chi connectivity index (χ0v) is 12.5. The number of nitrogens with one attached hydrogen (secondary N) is 2. The molecule has 23 heavy (non-hydrogen) atoms. The molecule has 0 spiro atoms. The van der Waals surface area contributed by atoms with E-state index in [1.807, 2.05) is 0 Å². The number of halogens is 1. The first kappa shape index (κ1) is 15.5. The molecular formula is C16H18FN3O3. The van der Waals surface area contributed by atoms with Crippen molar-refractivity contribution in [2.75, 3.05) is 13.2 Å². The fourth-order valence-corrected chi connectivity index (χ4v) is 2.37. The van der Waals surface area contributed by atoms with Gasteiger partial charge in [-0.2, -0.15) is 5.10 Å². The summed E-state index contributed by atoms with van der Waals surface area (Å²) < 4.78 is 24.3. The van der Waals surface area contributed by atoms with Gasteiger partial charge in [-0.3, -0.25) is 9.89 Å². The number of hydrogen-bond donors (Lipinski definition) is 2. The first-order chi connectivity index (χ1) is 11.2. The summed E-state index contributed by atoms with van der Waals surface area (Å²) >= 11 is 0. The summed E-state index contributed by atoms with van der Waals surface area (Å²) in [5.74, 6) is -0.540. The molecule has 122 valence electrons. The number of hydrogen-bond acceptors (Lipinski definition) is 4. The topological polar surface area (TPSA) is 76.2 Å². The van der Waals surface area contributed by atoms with Gasteiger partial charge in [0.2, 0.25) is 0 Å². The van der Waals surface area contributed by atoms with E-state index in [2.05, 4.69) is 15.5 Å². The molecule has 1 aliphatic rings. The lowest BCUT2D eigenvalue weighted by Gasteiger charge is -2.09. The van der Waals surface area contributed by atoms with Gasteiger partial charge in [0.15, 0.2) is 11.6 Å². The number of amides is 1. The van der Waals surface area contributed by atoms with Gasteiger partial charge in [-0.15, -0.1) is 0 Å². The van der Waals surface area contributed by atoms with Crippen LogP contribution < -0.4 is 10.1 Å². The van der Waals surface area contributed by atoms with Gasteiger partial charge in [0.1, 0.15) is 12.3 Å². The predicted molar refractivity (Wildman–Crippen MR) is 80.6 cm³/mol. The van der Waals surface area contributed by atoms with E-state index in [9.17, 15) is 9.18 Å². The van der Waals surface area contributed by atoms with E-state index in [-0.39, 0.29) is 30.1 Å². The fraction of sp³-hybridized carbons (Fsp3) is 0.375. The van der Waals surface area contributed by atoms with Gasteiger partial charge in [0, 0.05) is 13.2 Å². The van der Waals surface area contributed by atoms with E-state index >= 15 is 0 Å². The number of carbonyl (C=O) groups is 1. The van der Waals surface area contributed by atoms with E-state index in [0.29, 0.717) is 12.2 Å². The van der Waals surface area contributed by atoms with E-state index in [4.69, 9.17) is 9.47 Å². The molecule has 7 heteroatoms. The van der Waals surface area contributed by atoms with Crippen molar-refractivity contribution in [2.45, 2.75) is 25.6 Å². The lowest BCUT2D eigenvalue weighted by molar-refractivity contribution is 0.0853. The maximum atomic E-state index is 13.4. The van der Waals surface area contributed by atoms with E-state index < -0.39 is 5.82 Å². The van der Waals surface area contributed by atoms with Crippen LogP contribution in [0.1, 0.15) is 29.0 Å². The first-order valence-corrected chi connectivity index (χ1v) is 7.54. The quantitative estimate of drug-likeness (QED) is 0.854. The van der Waals surface area contributed by atoms with Crippen molar-refractivity contribution in [1.29, 1.82) is 0 Å². The molecule has 0 aliphatic carbocycles. The average molecular weight is 319 g/mol. The van der Waals surface area contributed by atoms with Crippen LogP contribution in [0.4, 0.5) is 4.39 Å². The Morgan fingerprint density at radius 3 is 3.13 bits per heavy atom. The smallest absolute Gasteiger partial charge is 0.271 e. The summed E-state index contributed by atoms with van der Waals surface area (Å²) in [6.07, 6.45) is 2.07. The van der Waals surface area contributed by atoms with Gasteiger partial charge >= 0.3 is 0 Å². The number of nitrogens with zero attached hydrogens (tertiary/aromatic N) is 1. The van der Waals surface area contributed by atoms with Gasteiger partial charge in [-0.25, -0.2) is 4.39 Å². The molecule has 0 bridgehead atoms. The molecule has 2 aromatic rings. The number of aromatic nitrogens is 2. The lowest BCUT2D eigenvalue weighted by atomic mass is 10.2. The molecular weight excluding hydrogens is 301 g/mol. The second kappa shape index (κ2) is 7.23. The molecule has 6 nitrogen and oxygen atoms in total. The molecule has 1 aliphatic heterocycles. The SMILES string of the molecule is O=C(NC[C@@H]1CCCO1)c1cc(COc2ccccc2F)[nH]n1. The van der Waals surface area contributed by atoms with Crippen LogP contribution >= 0.6 is 0 Å². The third-order valence-corrected chi connectivity index (χ3v) is 3.60. The maximum absolute atomic E-state index is 13.4. The highest BCUT2D eigenvalue weighted by molar-refractivity contribution is 5.92. The third-order valence-electron chi connectivity index (χ3n) is 3.60. The monoisotopic (exact) mass is 319 g/mol. The van der Waals surface area contributed by atoms with Crippen LogP contribution in [0.5, 0.6) is 5.75 Å². The number of carbonyl (C=O) groups excluding carboxylic acids is 1. The van der Waals surface area contributed by atoms with Crippen molar-refractivity contribution in [3.05, 3.63) is 47.5 Å². The Morgan fingerprint density at radius 1 is 1.48 bits per heavy atom. The zero-order valence-electron chi connectivity index (χ0n) is 12.5. The molecule has 0 saturated carbocycles. The standard InChI is InChI=1S/C16H18FN3O3/c17-13-5-1-2-6-15(13)23-10-11-8-14(20-19-11)16(21)18-9-12-4-3-7-22-12/h1-2,5-6,8,12H,3-4,7,9-10H2,(H,18,21)(H,19,20)/t12-/m0/s1. The van der Waals surface area contributed by atoms with Crippen molar-refractivity contribution < 1.29 is 18.7 Å². The van der Waals surface area contributed by atoms with Crippen LogP contribution in [0.15, 0.2) is 30.3 Å². The number of para-hydroxylation sites is 1. The second-order valence-corrected chi connectivity index (χ2v) is 5.34. The molecule has 0 unspecified atom stereocenters. The van der Waals surface area contributed by atoms with E-state index in [0.717, 1.165) is 19.4 Å². The summed E-state index contributed by atoms with van der Waals surface area (Å²) in [4.78, 5) is 12.0. The normalized spacial score (nSPS) is 17.2. The molecule has 2 N–H and O–H groups in total. The summed E-state index contributed by atoms with van der Waals surface area (Å²) in [5, 5.41) is 9.45. The zero-order chi connectivity index (χ0) is 16.1. The largest absolute Gasteiger partial charge is 0.484 e. The van der Waals surface area contributed by atoms with Crippen LogP contribution in [0.3, 0.4) is 0 Å². The molecule has 3 rings (SSSR count). The Hall–Kier alpha value is -2.41. The van der Waals surface area contributed by atoms with Crippen LogP contribution in [-0.4, -0.2) is 35.4 Å². The van der Waals surface area contributed by atoms with Gasteiger partial charge in [0.05, 0.1) is 11.8 Å². The first-order valence-electron chi connectivity index (χ1n) is 7.54. The number of rotatable bonds is 6. The van der Waals surface area contributed by atoms with Crippen LogP contribution in [-0.2, 0) is 11.3 Å². The minimum atomic E-state index is -0.429. The predicted octanol–water partition coefficient (Wildman–Crippen LogP) is 2.04. The molecule has 2 heterocycles. The third kappa shape index (κ3) is 4.07. The molecule has 1 aromatic heterocycles. The van der Waals surface area contributed by atoms with Crippen LogP contribution in [0.2, 0.25) is 0 Å². The lowest BCUT2D eigenvalue weighted by Crippen LogP contribution is -2.31. The van der Waals surface area contributed by atoms with E-state index in [1.54, 1.807) is 24.3 Å². The van der Waals surface area contributed by atoms with Crippen molar-refractivity contribution >= 4 is 5.91 Å². The highest BCUT2D eigenvalue weighted by Gasteiger charge is 2.18. The Kier molecular flexibility index (Phi) is 4.87. The molecule has 1 fully saturated rings. The minimum Gasteiger partial charge on any atom is -0.484 e. The molecule has 1 aromatic carbocycles. The Morgan fingerprint density at radius 2 is 2.35 bits per heavy atom.